The number of aromatic nitrogens is 2. The van der Waals surface area contributed by atoms with Crippen molar-refractivity contribution in [2.24, 2.45) is 5.92 Å². The summed E-state index contributed by atoms with van der Waals surface area (Å²) < 4.78 is 13.6. The van der Waals surface area contributed by atoms with Gasteiger partial charge < -0.3 is 15.5 Å². The van der Waals surface area contributed by atoms with Gasteiger partial charge in [-0.05, 0) is 45.0 Å². The van der Waals surface area contributed by atoms with Crippen LogP contribution in [-0.4, -0.2) is 45.8 Å². The van der Waals surface area contributed by atoms with Crippen molar-refractivity contribution >= 4 is 51.6 Å². The van der Waals surface area contributed by atoms with Gasteiger partial charge in [-0.1, -0.05) is 23.1 Å². The number of rotatable bonds is 6. The van der Waals surface area contributed by atoms with Crippen LogP contribution in [-0.2, 0) is 14.4 Å². The summed E-state index contributed by atoms with van der Waals surface area (Å²) in [5.74, 6) is -1.37. The van der Waals surface area contributed by atoms with Crippen molar-refractivity contribution in [3.05, 3.63) is 30.1 Å². The average Bonchev–Trinajstić information content (AvgIpc) is 3.26. The number of nitrogens with one attached hydrogen (secondary N) is 2. The van der Waals surface area contributed by atoms with E-state index in [1.165, 1.54) is 52.3 Å². The number of carbonyl (C=O) groups is 3. The van der Waals surface area contributed by atoms with E-state index in [0.29, 0.717) is 15.2 Å². The Morgan fingerprint density at radius 2 is 1.97 bits per heavy atom. The molecule has 1 fully saturated rings. The van der Waals surface area contributed by atoms with Crippen molar-refractivity contribution in [3.63, 3.8) is 0 Å². The van der Waals surface area contributed by atoms with Crippen LogP contribution >= 0.6 is 23.1 Å². The van der Waals surface area contributed by atoms with E-state index in [1.54, 1.807) is 0 Å². The standard InChI is InChI=1S/C19H22FN5O3S2/c1-19(2,3)22-14(26)10-29-18-24-23-17(30-18)21-16(28)11-8-15(27)25(9-11)13-6-4-12(20)5-7-13/h4-7,11H,8-10H2,1-3H3,(H,22,26)(H,21,23,28). The minimum atomic E-state index is -0.542. The fourth-order valence-corrected chi connectivity index (χ4v) is 4.42. The number of benzene rings is 1. The monoisotopic (exact) mass is 451 g/mol. The Bertz CT molecular complexity index is 942. The zero-order valence-corrected chi connectivity index (χ0v) is 18.4. The van der Waals surface area contributed by atoms with Crippen molar-refractivity contribution in [1.29, 1.82) is 0 Å². The van der Waals surface area contributed by atoms with E-state index >= 15 is 0 Å². The van der Waals surface area contributed by atoms with Gasteiger partial charge in [0.25, 0.3) is 0 Å². The van der Waals surface area contributed by atoms with Crippen molar-refractivity contribution in [3.8, 4) is 0 Å². The lowest BCUT2D eigenvalue weighted by Crippen LogP contribution is -2.41. The van der Waals surface area contributed by atoms with Gasteiger partial charge in [-0.2, -0.15) is 0 Å². The topological polar surface area (TPSA) is 104 Å². The molecule has 2 N–H and O–H groups in total. The molecule has 0 saturated carbocycles. The molecule has 30 heavy (non-hydrogen) atoms. The number of hydrogen-bond donors (Lipinski definition) is 2. The van der Waals surface area contributed by atoms with Crippen LogP contribution in [0.1, 0.15) is 27.2 Å². The Balaban J connectivity index is 1.52. The molecule has 1 saturated heterocycles. The molecule has 8 nitrogen and oxygen atoms in total. The molecular weight excluding hydrogens is 429 g/mol. The summed E-state index contributed by atoms with van der Waals surface area (Å²) in [5.41, 5.74) is 0.248. The maximum Gasteiger partial charge on any atom is 0.231 e. The number of nitrogens with zero attached hydrogens (tertiary/aromatic N) is 3. The Morgan fingerprint density at radius 1 is 1.27 bits per heavy atom. The molecule has 1 unspecified atom stereocenters. The van der Waals surface area contributed by atoms with Gasteiger partial charge in [0.05, 0.1) is 11.7 Å². The molecule has 11 heteroatoms. The summed E-state index contributed by atoms with van der Waals surface area (Å²) in [4.78, 5) is 38.2. The first-order valence-electron chi connectivity index (χ1n) is 9.25. The molecule has 0 spiro atoms. The van der Waals surface area contributed by atoms with Crippen LogP contribution in [0.2, 0.25) is 0 Å². The zero-order valence-electron chi connectivity index (χ0n) is 16.8. The summed E-state index contributed by atoms with van der Waals surface area (Å²) in [7, 11) is 0. The largest absolute Gasteiger partial charge is 0.351 e. The first-order valence-corrected chi connectivity index (χ1v) is 11.0. The van der Waals surface area contributed by atoms with Gasteiger partial charge in [0.15, 0.2) is 4.34 Å². The molecule has 2 heterocycles. The van der Waals surface area contributed by atoms with Gasteiger partial charge in [-0.15, -0.1) is 10.2 Å². The van der Waals surface area contributed by atoms with E-state index < -0.39 is 5.92 Å². The Kier molecular flexibility index (Phi) is 6.71. The molecule has 0 aliphatic carbocycles. The summed E-state index contributed by atoms with van der Waals surface area (Å²) in [6.07, 6.45) is 0.0661. The highest BCUT2D eigenvalue weighted by Gasteiger charge is 2.35. The fraction of sp³-hybridized carbons (Fsp3) is 0.421. The Hall–Kier alpha value is -2.53. The van der Waals surface area contributed by atoms with Crippen molar-refractivity contribution in [2.75, 3.05) is 22.5 Å². The minimum Gasteiger partial charge on any atom is -0.351 e. The number of halogens is 1. The molecule has 3 amide bonds. The molecule has 2 aromatic rings. The first-order chi connectivity index (χ1) is 14.1. The second-order valence-electron chi connectivity index (χ2n) is 7.83. The summed E-state index contributed by atoms with van der Waals surface area (Å²) >= 11 is 2.41. The molecule has 1 atom stereocenters. The molecule has 1 aromatic heterocycles. The van der Waals surface area contributed by atoms with Gasteiger partial charge in [-0.25, -0.2) is 4.39 Å². The third-order valence-electron chi connectivity index (χ3n) is 4.11. The molecule has 1 aliphatic rings. The van der Waals surface area contributed by atoms with Crippen LogP contribution in [0, 0.1) is 11.7 Å². The predicted molar refractivity (Wildman–Crippen MR) is 114 cm³/mol. The average molecular weight is 452 g/mol. The number of thioether (sulfide) groups is 1. The fourth-order valence-electron chi connectivity index (χ4n) is 2.86. The summed E-state index contributed by atoms with van der Waals surface area (Å²) in [6, 6.07) is 5.57. The molecule has 0 radical (unpaired) electrons. The van der Waals surface area contributed by atoms with Gasteiger partial charge in [0, 0.05) is 24.2 Å². The second-order valence-corrected chi connectivity index (χ2v) is 10.0. The van der Waals surface area contributed by atoms with E-state index in [4.69, 9.17) is 0 Å². The highest BCUT2D eigenvalue weighted by Crippen LogP contribution is 2.28. The third kappa shape index (κ3) is 5.99. The molecule has 0 bridgehead atoms. The number of amides is 3. The van der Waals surface area contributed by atoms with Crippen LogP contribution in [0.25, 0.3) is 0 Å². The summed E-state index contributed by atoms with van der Waals surface area (Å²) in [5, 5.41) is 13.8. The van der Waals surface area contributed by atoms with Crippen LogP contribution in [0.5, 0.6) is 0 Å². The smallest absolute Gasteiger partial charge is 0.231 e. The number of anilines is 2. The van der Waals surface area contributed by atoms with Gasteiger partial charge in [0.2, 0.25) is 22.9 Å². The van der Waals surface area contributed by atoms with Crippen LogP contribution in [0.3, 0.4) is 0 Å². The highest BCUT2D eigenvalue weighted by molar-refractivity contribution is 8.01. The molecule has 160 valence electrons. The first kappa shape index (κ1) is 22.2. The van der Waals surface area contributed by atoms with Crippen LogP contribution < -0.4 is 15.5 Å². The van der Waals surface area contributed by atoms with E-state index in [0.717, 1.165) is 0 Å². The van der Waals surface area contributed by atoms with Crippen molar-refractivity contribution < 1.29 is 18.8 Å². The zero-order chi connectivity index (χ0) is 21.9. The third-order valence-corrected chi connectivity index (χ3v) is 6.08. The van der Waals surface area contributed by atoms with Crippen LogP contribution in [0.15, 0.2) is 28.6 Å². The lowest BCUT2D eigenvalue weighted by atomic mass is 10.1. The van der Waals surface area contributed by atoms with Gasteiger partial charge in [0.1, 0.15) is 5.82 Å². The molecular formula is C19H22FN5O3S2. The Labute approximate surface area is 181 Å². The SMILES string of the molecule is CC(C)(C)NC(=O)CSc1nnc(NC(=O)C2CC(=O)N(c3ccc(F)cc3)C2)s1. The van der Waals surface area contributed by atoms with Crippen LogP contribution in [0.4, 0.5) is 15.2 Å². The molecule has 1 aliphatic heterocycles. The maximum absolute atomic E-state index is 13.1. The van der Waals surface area contributed by atoms with E-state index in [2.05, 4.69) is 20.8 Å². The Morgan fingerprint density at radius 3 is 2.63 bits per heavy atom. The van der Waals surface area contributed by atoms with E-state index in [1.807, 2.05) is 20.8 Å². The predicted octanol–water partition coefficient (Wildman–Crippen LogP) is 2.68. The quantitative estimate of drug-likeness (QED) is 0.517. The molecule has 1 aromatic carbocycles. The minimum absolute atomic E-state index is 0.0661. The maximum atomic E-state index is 13.1. The number of carbonyl (C=O) groups excluding carboxylic acids is 3. The lowest BCUT2D eigenvalue weighted by Gasteiger charge is -2.19. The van der Waals surface area contributed by atoms with Gasteiger partial charge >= 0.3 is 0 Å². The van der Waals surface area contributed by atoms with Gasteiger partial charge in [-0.3, -0.25) is 14.4 Å². The number of hydrogen-bond acceptors (Lipinski definition) is 7. The molecule has 3 rings (SSSR count). The highest BCUT2D eigenvalue weighted by atomic mass is 32.2. The normalized spacial score (nSPS) is 16.6. The van der Waals surface area contributed by atoms with E-state index in [-0.39, 0.29) is 47.8 Å². The summed E-state index contributed by atoms with van der Waals surface area (Å²) in [6.45, 7) is 5.92. The van der Waals surface area contributed by atoms with Crippen molar-refractivity contribution in [1.82, 2.24) is 15.5 Å². The second kappa shape index (κ2) is 9.09. The lowest BCUT2D eigenvalue weighted by molar-refractivity contribution is -0.122. The van der Waals surface area contributed by atoms with Crippen molar-refractivity contribution in [2.45, 2.75) is 37.1 Å². The van der Waals surface area contributed by atoms with E-state index in [9.17, 15) is 18.8 Å².